The molecule has 1 heterocycles. The SMILES string of the molecule is CCOC(=O)/C=C1/NC(=O)NC1=O. The van der Waals surface area contributed by atoms with Crippen molar-refractivity contribution in [2.24, 2.45) is 0 Å². The van der Waals surface area contributed by atoms with Gasteiger partial charge >= 0.3 is 12.0 Å². The number of amides is 3. The van der Waals surface area contributed by atoms with Gasteiger partial charge in [0.1, 0.15) is 5.70 Å². The molecule has 13 heavy (non-hydrogen) atoms. The van der Waals surface area contributed by atoms with Gasteiger partial charge in [-0.05, 0) is 6.92 Å². The first-order valence-corrected chi connectivity index (χ1v) is 3.64. The maximum absolute atomic E-state index is 10.9. The van der Waals surface area contributed by atoms with E-state index < -0.39 is 17.9 Å². The fraction of sp³-hybridized carbons (Fsp3) is 0.286. The van der Waals surface area contributed by atoms with Crippen LogP contribution in [0.2, 0.25) is 0 Å². The third-order valence-electron chi connectivity index (χ3n) is 1.27. The number of nitrogens with one attached hydrogen (secondary N) is 2. The van der Waals surface area contributed by atoms with Crippen LogP contribution in [0.3, 0.4) is 0 Å². The smallest absolute Gasteiger partial charge is 0.333 e. The highest BCUT2D eigenvalue weighted by molar-refractivity contribution is 6.13. The molecule has 0 radical (unpaired) electrons. The zero-order valence-corrected chi connectivity index (χ0v) is 6.92. The van der Waals surface area contributed by atoms with Gasteiger partial charge in [0.2, 0.25) is 0 Å². The van der Waals surface area contributed by atoms with Crippen LogP contribution in [0.4, 0.5) is 4.79 Å². The molecule has 3 amide bonds. The number of hydrogen-bond donors (Lipinski definition) is 2. The molecule has 6 nitrogen and oxygen atoms in total. The zero-order chi connectivity index (χ0) is 9.84. The quantitative estimate of drug-likeness (QED) is 0.336. The highest BCUT2D eigenvalue weighted by atomic mass is 16.5. The topological polar surface area (TPSA) is 84.5 Å². The molecule has 0 spiro atoms. The van der Waals surface area contributed by atoms with Crippen LogP contribution in [0, 0.1) is 0 Å². The van der Waals surface area contributed by atoms with Crippen LogP contribution in [0.1, 0.15) is 6.92 Å². The molecule has 0 unspecified atom stereocenters. The molecule has 0 aromatic carbocycles. The van der Waals surface area contributed by atoms with E-state index in [9.17, 15) is 14.4 Å². The summed E-state index contributed by atoms with van der Waals surface area (Å²) in [5.41, 5.74) is -0.0940. The Hall–Kier alpha value is -1.85. The Labute approximate surface area is 73.9 Å². The maximum Gasteiger partial charge on any atom is 0.333 e. The number of imide groups is 1. The average Bonchev–Trinajstić information content (AvgIpc) is 2.30. The lowest BCUT2D eigenvalue weighted by Crippen LogP contribution is -2.22. The van der Waals surface area contributed by atoms with Crippen molar-refractivity contribution in [2.45, 2.75) is 6.92 Å². The summed E-state index contributed by atoms with van der Waals surface area (Å²) < 4.78 is 4.54. The van der Waals surface area contributed by atoms with Gasteiger partial charge in [0.25, 0.3) is 5.91 Å². The first-order chi connectivity index (χ1) is 6.13. The number of carbonyl (C=O) groups is 3. The lowest BCUT2D eigenvalue weighted by molar-refractivity contribution is -0.137. The Balaban J connectivity index is 2.66. The Bertz CT molecular complexity index is 295. The standard InChI is InChI=1S/C7H8N2O4/c1-2-13-5(10)3-4-6(11)9-7(12)8-4/h3H,2H2,1H3,(H2,8,9,11,12)/b4-3+. The van der Waals surface area contributed by atoms with Crippen LogP contribution in [-0.2, 0) is 14.3 Å². The lowest BCUT2D eigenvalue weighted by Gasteiger charge is -1.95. The van der Waals surface area contributed by atoms with E-state index in [0.29, 0.717) is 0 Å². The van der Waals surface area contributed by atoms with Gasteiger partial charge in [0.05, 0.1) is 12.7 Å². The van der Waals surface area contributed by atoms with Crippen molar-refractivity contribution in [3.63, 3.8) is 0 Å². The molecule has 2 N–H and O–H groups in total. The van der Waals surface area contributed by atoms with Crippen molar-refractivity contribution < 1.29 is 19.1 Å². The second-order valence-electron chi connectivity index (χ2n) is 2.22. The Morgan fingerprint density at radius 3 is 2.62 bits per heavy atom. The van der Waals surface area contributed by atoms with E-state index in [4.69, 9.17) is 0 Å². The van der Waals surface area contributed by atoms with Gasteiger partial charge in [-0.2, -0.15) is 0 Å². The van der Waals surface area contributed by atoms with E-state index in [0.717, 1.165) is 6.08 Å². The van der Waals surface area contributed by atoms with Crippen LogP contribution in [-0.4, -0.2) is 24.5 Å². The van der Waals surface area contributed by atoms with Crippen LogP contribution in [0.25, 0.3) is 0 Å². The molecule has 0 aliphatic carbocycles. The number of urea groups is 1. The summed E-state index contributed by atoms with van der Waals surface area (Å²) in [6.07, 6.45) is 0.934. The van der Waals surface area contributed by atoms with Gasteiger partial charge < -0.3 is 10.1 Å². The average molecular weight is 184 g/mol. The molecular formula is C7H8N2O4. The number of carbonyl (C=O) groups excluding carboxylic acids is 3. The van der Waals surface area contributed by atoms with Gasteiger partial charge in [-0.25, -0.2) is 9.59 Å². The number of hydrogen-bond acceptors (Lipinski definition) is 4. The van der Waals surface area contributed by atoms with Crippen molar-refractivity contribution in [2.75, 3.05) is 6.61 Å². The summed E-state index contributed by atoms with van der Waals surface area (Å²) in [7, 11) is 0. The molecular weight excluding hydrogens is 176 g/mol. The molecule has 1 saturated heterocycles. The van der Waals surface area contributed by atoms with Crippen molar-refractivity contribution in [3.05, 3.63) is 11.8 Å². The molecule has 0 bridgehead atoms. The van der Waals surface area contributed by atoms with Gasteiger partial charge in [0.15, 0.2) is 0 Å². The number of rotatable bonds is 2. The summed E-state index contributed by atoms with van der Waals surface area (Å²) in [4.78, 5) is 32.2. The predicted octanol–water partition coefficient (Wildman–Crippen LogP) is -0.727. The molecule has 1 aliphatic heterocycles. The highest BCUT2D eigenvalue weighted by Crippen LogP contribution is 1.97. The molecule has 0 aromatic heterocycles. The molecule has 0 aromatic rings. The van der Waals surface area contributed by atoms with Gasteiger partial charge in [-0.15, -0.1) is 0 Å². The largest absolute Gasteiger partial charge is 0.463 e. The summed E-state index contributed by atoms with van der Waals surface area (Å²) >= 11 is 0. The van der Waals surface area contributed by atoms with Crippen LogP contribution in [0.15, 0.2) is 11.8 Å². The van der Waals surface area contributed by atoms with E-state index in [1.165, 1.54) is 0 Å². The molecule has 0 saturated carbocycles. The van der Waals surface area contributed by atoms with E-state index in [1.807, 2.05) is 5.32 Å². The second-order valence-corrected chi connectivity index (χ2v) is 2.22. The third kappa shape index (κ3) is 2.29. The summed E-state index contributed by atoms with van der Waals surface area (Å²) in [6.45, 7) is 1.86. The summed E-state index contributed by atoms with van der Waals surface area (Å²) in [5.74, 6) is -1.28. The lowest BCUT2D eigenvalue weighted by atomic mass is 10.4. The molecule has 0 atom stereocenters. The monoisotopic (exact) mass is 184 g/mol. The minimum absolute atomic E-state index is 0.0940. The molecule has 1 rings (SSSR count). The molecule has 1 aliphatic rings. The summed E-state index contributed by atoms with van der Waals surface area (Å²) in [6, 6.07) is -0.638. The van der Waals surface area contributed by atoms with Gasteiger partial charge in [-0.3, -0.25) is 10.1 Å². The Morgan fingerprint density at radius 2 is 2.15 bits per heavy atom. The number of ether oxygens (including phenoxy) is 1. The van der Waals surface area contributed by atoms with Crippen LogP contribution < -0.4 is 10.6 Å². The molecule has 70 valence electrons. The van der Waals surface area contributed by atoms with E-state index in [1.54, 1.807) is 6.92 Å². The minimum atomic E-state index is -0.658. The molecule has 1 fully saturated rings. The van der Waals surface area contributed by atoms with E-state index in [2.05, 4.69) is 10.1 Å². The summed E-state index contributed by atoms with van der Waals surface area (Å²) in [5, 5.41) is 4.10. The van der Waals surface area contributed by atoms with Crippen LogP contribution >= 0.6 is 0 Å². The second kappa shape index (κ2) is 3.70. The van der Waals surface area contributed by atoms with Crippen molar-refractivity contribution in [1.82, 2.24) is 10.6 Å². The van der Waals surface area contributed by atoms with Crippen LogP contribution in [0.5, 0.6) is 0 Å². The first-order valence-electron chi connectivity index (χ1n) is 3.64. The zero-order valence-electron chi connectivity index (χ0n) is 6.92. The maximum atomic E-state index is 10.9. The Morgan fingerprint density at radius 1 is 1.46 bits per heavy atom. The Kier molecular flexibility index (Phi) is 2.63. The van der Waals surface area contributed by atoms with Gasteiger partial charge in [0, 0.05) is 0 Å². The normalized spacial score (nSPS) is 18.4. The van der Waals surface area contributed by atoms with Crippen molar-refractivity contribution in [3.8, 4) is 0 Å². The van der Waals surface area contributed by atoms with E-state index >= 15 is 0 Å². The predicted molar refractivity (Wildman–Crippen MR) is 41.4 cm³/mol. The van der Waals surface area contributed by atoms with Crippen molar-refractivity contribution in [1.29, 1.82) is 0 Å². The molecule has 6 heteroatoms. The highest BCUT2D eigenvalue weighted by Gasteiger charge is 2.23. The fourth-order valence-electron chi connectivity index (χ4n) is 0.784. The van der Waals surface area contributed by atoms with Gasteiger partial charge in [-0.1, -0.05) is 0 Å². The third-order valence-corrected chi connectivity index (χ3v) is 1.27. The first kappa shape index (κ1) is 9.24. The van der Waals surface area contributed by atoms with Crippen molar-refractivity contribution >= 4 is 17.9 Å². The number of esters is 1. The minimum Gasteiger partial charge on any atom is -0.463 e. The van der Waals surface area contributed by atoms with E-state index in [-0.39, 0.29) is 12.3 Å². The fourth-order valence-corrected chi connectivity index (χ4v) is 0.784.